The summed E-state index contributed by atoms with van der Waals surface area (Å²) in [7, 11) is 0. The monoisotopic (exact) mass is 616 g/mol. The molecule has 13 nitrogen and oxygen atoms in total. The van der Waals surface area contributed by atoms with E-state index in [-0.39, 0.29) is 36.6 Å². The Hall–Kier alpha value is -2.87. The molecule has 2 unspecified atom stereocenters. The number of carbonyl (C=O) groups is 6. The molecular weight excluding hydrogens is 564 g/mol. The van der Waals surface area contributed by atoms with Gasteiger partial charge in [-0.2, -0.15) is 11.8 Å². The minimum Gasteiger partial charge on any atom is -0.480 e. The Kier molecular flexibility index (Phi) is 23.0. The molecule has 0 saturated carbocycles. The number of carboxylic acids is 1. The van der Waals surface area contributed by atoms with Gasteiger partial charge in [0.1, 0.15) is 17.9 Å². The summed E-state index contributed by atoms with van der Waals surface area (Å²) in [5, 5.41) is 25.7. The Bertz CT molecular complexity index is 844. The van der Waals surface area contributed by atoms with E-state index in [9.17, 15) is 33.9 Å². The number of nitrogens with one attached hydrogen (secondary N) is 6. The second-order valence-electron chi connectivity index (χ2n) is 10.3. The third-order valence-corrected chi connectivity index (χ3v) is 6.88. The standard InChI is InChI=1S/C28H52N6O7S/c1-5-21(35)11-7-6-9-15-30-28(41)31-16-10-8-12-23(27(39)40)34-25(37)19-32-26(38)22(14-18-42-4)33-24(36)13-17-29-20(2)3/h20,22-23,29H,5-19H2,1-4H3,(H,32,38)(H,33,36)(H,34,37)(H,39,40)(H2,30,31,41). The molecule has 0 fully saturated rings. The van der Waals surface area contributed by atoms with Gasteiger partial charge in [0, 0.05) is 44.9 Å². The van der Waals surface area contributed by atoms with E-state index in [1.807, 2.05) is 27.0 Å². The molecule has 7 N–H and O–H groups in total. The van der Waals surface area contributed by atoms with Crippen molar-refractivity contribution in [3.05, 3.63) is 0 Å². The Morgan fingerprint density at radius 2 is 1.38 bits per heavy atom. The maximum Gasteiger partial charge on any atom is 0.326 e. The molecule has 5 amide bonds. The quantitative estimate of drug-likeness (QED) is 0.0740. The smallest absolute Gasteiger partial charge is 0.326 e. The van der Waals surface area contributed by atoms with Crippen LogP contribution in [0.2, 0.25) is 0 Å². The number of unbranched alkanes of at least 4 members (excludes halogenated alkanes) is 3. The summed E-state index contributed by atoms with van der Waals surface area (Å²) in [6.07, 6.45) is 7.21. The summed E-state index contributed by atoms with van der Waals surface area (Å²) in [6, 6.07) is -2.00. The van der Waals surface area contributed by atoms with Crippen molar-refractivity contribution in [1.29, 1.82) is 0 Å². The first kappa shape index (κ1) is 39.1. The fourth-order valence-corrected chi connectivity index (χ4v) is 4.25. The normalized spacial score (nSPS) is 12.2. The fraction of sp³-hybridized carbons (Fsp3) is 0.786. The first-order valence-electron chi connectivity index (χ1n) is 14.8. The van der Waals surface area contributed by atoms with E-state index >= 15 is 0 Å². The lowest BCUT2D eigenvalue weighted by molar-refractivity contribution is -0.142. The lowest BCUT2D eigenvalue weighted by atomic mass is 10.1. The number of amides is 5. The van der Waals surface area contributed by atoms with Crippen molar-refractivity contribution >= 4 is 47.3 Å². The molecule has 242 valence electrons. The summed E-state index contributed by atoms with van der Waals surface area (Å²) in [4.78, 5) is 72.0. The van der Waals surface area contributed by atoms with E-state index in [1.165, 1.54) is 11.8 Å². The van der Waals surface area contributed by atoms with Crippen LogP contribution in [0.3, 0.4) is 0 Å². The minimum atomic E-state index is -1.19. The van der Waals surface area contributed by atoms with Gasteiger partial charge in [-0.1, -0.05) is 27.2 Å². The number of carbonyl (C=O) groups excluding carboxylic acids is 5. The highest BCUT2D eigenvalue weighted by molar-refractivity contribution is 7.98. The van der Waals surface area contributed by atoms with Gasteiger partial charge in [-0.3, -0.25) is 19.2 Å². The highest BCUT2D eigenvalue weighted by Gasteiger charge is 2.23. The molecule has 0 rings (SSSR count). The number of rotatable bonds is 25. The molecule has 0 aliphatic rings. The van der Waals surface area contributed by atoms with Crippen LogP contribution in [-0.2, 0) is 24.0 Å². The molecule has 0 bridgehead atoms. The van der Waals surface area contributed by atoms with Gasteiger partial charge in [-0.15, -0.1) is 0 Å². The van der Waals surface area contributed by atoms with Crippen LogP contribution in [0.1, 0.15) is 85.0 Å². The van der Waals surface area contributed by atoms with E-state index in [4.69, 9.17) is 0 Å². The molecule has 2 atom stereocenters. The lowest BCUT2D eigenvalue weighted by Crippen LogP contribution is -2.51. The number of Topliss-reactive ketones (excluding diaryl/α,β-unsaturated/α-hetero) is 1. The molecular formula is C28H52N6O7S. The first-order chi connectivity index (χ1) is 20.0. The Labute approximate surface area is 254 Å². The summed E-state index contributed by atoms with van der Waals surface area (Å²) in [6.45, 7) is 6.70. The van der Waals surface area contributed by atoms with Crippen molar-refractivity contribution in [2.45, 2.75) is 103 Å². The second-order valence-corrected chi connectivity index (χ2v) is 11.3. The second kappa shape index (κ2) is 24.7. The van der Waals surface area contributed by atoms with Gasteiger partial charge < -0.3 is 37.0 Å². The number of ketones is 1. The van der Waals surface area contributed by atoms with Gasteiger partial charge in [0.05, 0.1) is 6.54 Å². The first-order valence-corrected chi connectivity index (χ1v) is 16.2. The van der Waals surface area contributed by atoms with E-state index in [2.05, 4.69) is 31.9 Å². The zero-order chi connectivity index (χ0) is 31.8. The Balaban J connectivity index is 4.34. The minimum absolute atomic E-state index is 0.158. The number of aliphatic carboxylic acids is 1. The largest absolute Gasteiger partial charge is 0.480 e. The zero-order valence-corrected chi connectivity index (χ0v) is 26.5. The van der Waals surface area contributed by atoms with E-state index in [0.29, 0.717) is 57.5 Å². The number of thioether (sulfide) groups is 1. The zero-order valence-electron chi connectivity index (χ0n) is 25.6. The number of hydrogen-bond acceptors (Lipinski definition) is 8. The highest BCUT2D eigenvalue weighted by atomic mass is 32.2. The summed E-state index contributed by atoms with van der Waals surface area (Å²) in [5.74, 6) is -1.75. The van der Waals surface area contributed by atoms with Crippen LogP contribution in [0.5, 0.6) is 0 Å². The van der Waals surface area contributed by atoms with E-state index < -0.39 is 36.4 Å². The molecule has 0 heterocycles. The maximum absolute atomic E-state index is 12.6. The molecule has 14 heteroatoms. The van der Waals surface area contributed by atoms with Crippen molar-refractivity contribution in [1.82, 2.24) is 31.9 Å². The van der Waals surface area contributed by atoms with Gasteiger partial charge in [-0.05, 0) is 50.5 Å². The van der Waals surface area contributed by atoms with Crippen molar-refractivity contribution in [3.8, 4) is 0 Å². The third kappa shape index (κ3) is 21.8. The molecule has 0 aromatic rings. The average molecular weight is 617 g/mol. The van der Waals surface area contributed by atoms with Gasteiger partial charge in [0.2, 0.25) is 17.7 Å². The topological polar surface area (TPSA) is 195 Å². The van der Waals surface area contributed by atoms with Gasteiger partial charge >= 0.3 is 12.0 Å². The van der Waals surface area contributed by atoms with Gasteiger partial charge in [0.25, 0.3) is 0 Å². The Morgan fingerprint density at radius 3 is 1.98 bits per heavy atom. The molecule has 0 aliphatic carbocycles. The van der Waals surface area contributed by atoms with Crippen LogP contribution in [-0.4, -0.2) is 96.9 Å². The van der Waals surface area contributed by atoms with Gasteiger partial charge in [-0.25, -0.2) is 9.59 Å². The maximum atomic E-state index is 12.6. The SMILES string of the molecule is CCC(=O)CCCCCNC(=O)NCCCCC(NC(=O)CNC(=O)C(CCSC)NC(=O)CCNC(C)C)C(=O)O. The molecule has 0 aromatic heterocycles. The molecule has 0 radical (unpaired) electrons. The lowest BCUT2D eigenvalue weighted by Gasteiger charge is -2.19. The van der Waals surface area contributed by atoms with Crippen LogP contribution >= 0.6 is 11.8 Å². The molecule has 0 spiro atoms. The number of urea groups is 1. The summed E-state index contributed by atoms with van der Waals surface area (Å²) < 4.78 is 0. The van der Waals surface area contributed by atoms with Crippen molar-refractivity contribution in [2.24, 2.45) is 0 Å². The van der Waals surface area contributed by atoms with Crippen LogP contribution in [0.4, 0.5) is 4.79 Å². The average Bonchev–Trinajstić information content (AvgIpc) is 2.94. The van der Waals surface area contributed by atoms with E-state index in [0.717, 1.165) is 19.3 Å². The molecule has 0 aliphatic heterocycles. The van der Waals surface area contributed by atoms with Crippen molar-refractivity contribution in [2.75, 3.05) is 38.2 Å². The number of hydrogen-bond donors (Lipinski definition) is 7. The number of carboxylic acid groups (broad SMARTS) is 1. The molecule has 0 saturated heterocycles. The van der Waals surface area contributed by atoms with Crippen molar-refractivity contribution < 1.29 is 33.9 Å². The van der Waals surface area contributed by atoms with Crippen LogP contribution in [0, 0.1) is 0 Å². The Morgan fingerprint density at radius 1 is 0.738 bits per heavy atom. The summed E-state index contributed by atoms with van der Waals surface area (Å²) >= 11 is 1.53. The third-order valence-electron chi connectivity index (χ3n) is 6.24. The van der Waals surface area contributed by atoms with Crippen molar-refractivity contribution in [3.63, 3.8) is 0 Å². The van der Waals surface area contributed by atoms with Crippen LogP contribution in [0.15, 0.2) is 0 Å². The molecule has 42 heavy (non-hydrogen) atoms. The van der Waals surface area contributed by atoms with Crippen LogP contribution < -0.4 is 31.9 Å². The summed E-state index contributed by atoms with van der Waals surface area (Å²) in [5.41, 5.74) is 0. The fourth-order valence-electron chi connectivity index (χ4n) is 3.78. The predicted octanol–water partition coefficient (Wildman–Crippen LogP) is 1.31. The van der Waals surface area contributed by atoms with E-state index in [1.54, 1.807) is 0 Å². The predicted molar refractivity (Wildman–Crippen MR) is 164 cm³/mol. The highest BCUT2D eigenvalue weighted by Crippen LogP contribution is 2.04. The van der Waals surface area contributed by atoms with Gasteiger partial charge in [0.15, 0.2) is 0 Å². The van der Waals surface area contributed by atoms with Crippen LogP contribution in [0.25, 0.3) is 0 Å². The molecule has 0 aromatic carbocycles.